The van der Waals surface area contributed by atoms with E-state index in [4.69, 9.17) is 5.84 Å². The highest BCUT2D eigenvalue weighted by Crippen LogP contribution is 2.36. The molecule has 1 saturated carbocycles. The van der Waals surface area contributed by atoms with Crippen molar-refractivity contribution < 1.29 is 0 Å². The van der Waals surface area contributed by atoms with Crippen molar-refractivity contribution in [3.8, 4) is 0 Å². The van der Waals surface area contributed by atoms with Crippen LogP contribution in [0.15, 0.2) is 12.2 Å². The van der Waals surface area contributed by atoms with Crippen molar-refractivity contribution in [1.29, 1.82) is 0 Å². The first-order chi connectivity index (χ1) is 7.53. The van der Waals surface area contributed by atoms with Gasteiger partial charge in [0.2, 0.25) is 0 Å². The van der Waals surface area contributed by atoms with Gasteiger partial charge < -0.3 is 4.90 Å². The van der Waals surface area contributed by atoms with E-state index in [2.05, 4.69) is 37.9 Å². The van der Waals surface area contributed by atoms with Crippen LogP contribution in [0, 0.1) is 0 Å². The molecule has 0 aromatic heterocycles. The van der Waals surface area contributed by atoms with Crippen molar-refractivity contribution in [2.75, 3.05) is 14.1 Å². The van der Waals surface area contributed by atoms with Gasteiger partial charge in [-0.15, -0.1) is 6.58 Å². The fourth-order valence-corrected chi connectivity index (χ4v) is 3.02. The normalized spacial score (nSPS) is 22.1. The Balaban J connectivity index is 2.84. The number of nitrogens with zero attached hydrogens (tertiary/aromatic N) is 1. The lowest BCUT2D eigenvalue weighted by Crippen LogP contribution is -2.61. The first kappa shape index (κ1) is 13.7. The number of likely N-dealkylation sites (N-methyl/N-ethyl adjacent to an activating group) is 1. The molecule has 0 amide bonds. The summed E-state index contributed by atoms with van der Waals surface area (Å²) < 4.78 is 0. The predicted molar refractivity (Wildman–Crippen MR) is 70.0 cm³/mol. The lowest BCUT2D eigenvalue weighted by Gasteiger charge is -2.48. The Morgan fingerprint density at radius 1 is 1.38 bits per heavy atom. The van der Waals surface area contributed by atoms with E-state index in [1.165, 1.54) is 37.7 Å². The molecule has 0 saturated heterocycles. The Morgan fingerprint density at radius 3 is 2.31 bits per heavy atom. The van der Waals surface area contributed by atoms with Crippen LogP contribution in [0.2, 0.25) is 0 Å². The Hall–Kier alpha value is -0.380. The molecule has 94 valence electrons. The van der Waals surface area contributed by atoms with Crippen molar-refractivity contribution in [2.24, 2.45) is 5.84 Å². The number of hydrazine groups is 1. The van der Waals surface area contributed by atoms with Crippen molar-refractivity contribution in [1.82, 2.24) is 10.3 Å². The Labute approximate surface area is 100 Å². The van der Waals surface area contributed by atoms with E-state index < -0.39 is 0 Å². The van der Waals surface area contributed by atoms with E-state index in [1.807, 2.05) is 0 Å². The molecule has 1 aliphatic rings. The molecule has 1 rings (SSSR count). The summed E-state index contributed by atoms with van der Waals surface area (Å²) in [7, 11) is 4.35. The van der Waals surface area contributed by atoms with Crippen LogP contribution in [0.5, 0.6) is 0 Å². The van der Waals surface area contributed by atoms with Gasteiger partial charge in [0.1, 0.15) is 0 Å². The molecular formula is C13H27N3. The van der Waals surface area contributed by atoms with Crippen LogP contribution in [-0.2, 0) is 0 Å². The van der Waals surface area contributed by atoms with Gasteiger partial charge in [0.15, 0.2) is 0 Å². The van der Waals surface area contributed by atoms with Gasteiger partial charge in [-0.3, -0.25) is 11.3 Å². The number of rotatable bonds is 5. The lowest BCUT2D eigenvalue weighted by molar-refractivity contribution is 0.0569. The SMILES string of the molecule is C=C(C)CC(NN)C1(N(C)C)CCCCC1. The zero-order valence-electron chi connectivity index (χ0n) is 11.1. The summed E-state index contributed by atoms with van der Waals surface area (Å²) in [5, 5.41) is 0. The summed E-state index contributed by atoms with van der Waals surface area (Å²) in [6.07, 6.45) is 7.43. The molecule has 1 unspecified atom stereocenters. The van der Waals surface area contributed by atoms with Crippen molar-refractivity contribution in [3.05, 3.63) is 12.2 Å². The zero-order chi connectivity index (χ0) is 12.2. The van der Waals surface area contributed by atoms with E-state index in [-0.39, 0.29) is 5.54 Å². The van der Waals surface area contributed by atoms with Crippen LogP contribution in [0.25, 0.3) is 0 Å². The molecule has 0 aromatic rings. The average Bonchev–Trinajstić information content (AvgIpc) is 2.26. The quantitative estimate of drug-likeness (QED) is 0.427. The molecule has 0 aliphatic heterocycles. The lowest BCUT2D eigenvalue weighted by atomic mass is 9.74. The molecule has 0 aromatic carbocycles. The Bertz CT molecular complexity index is 229. The highest BCUT2D eigenvalue weighted by Gasteiger charge is 2.40. The van der Waals surface area contributed by atoms with Crippen molar-refractivity contribution in [2.45, 2.75) is 57.0 Å². The smallest absolute Gasteiger partial charge is 0.0431 e. The third kappa shape index (κ3) is 2.84. The summed E-state index contributed by atoms with van der Waals surface area (Å²) in [6, 6.07) is 0.320. The maximum Gasteiger partial charge on any atom is 0.0431 e. The van der Waals surface area contributed by atoms with E-state index in [1.54, 1.807) is 0 Å². The van der Waals surface area contributed by atoms with Gasteiger partial charge in [-0.05, 0) is 40.3 Å². The second-order valence-electron chi connectivity index (χ2n) is 5.44. The average molecular weight is 225 g/mol. The van der Waals surface area contributed by atoms with Gasteiger partial charge in [-0.1, -0.05) is 24.8 Å². The fraction of sp³-hybridized carbons (Fsp3) is 0.846. The third-order valence-corrected chi connectivity index (χ3v) is 4.01. The minimum atomic E-state index is 0.214. The standard InChI is InChI=1S/C13H27N3/c1-11(2)10-12(15-14)13(16(3)4)8-6-5-7-9-13/h12,15H,1,5-10,14H2,2-4H3. The minimum Gasteiger partial charge on any atom is -0.302 e. The molecule has 3 nitrogen and oxygen atoms in total. The molecule has 3 N–H and O–H groups in total. The molecule has 1 fully saturated rings. The molecule has 0 bridgehead atoms. The van der Waals surface area contributed by atoms with Crippen LogP contribution in [0.1, 0.15) is 45.4 Å². The Morgan fingerprint density at radius 2 is 1.94 bits per heavy atom. The van der Waals surface area contributed by atoms with E-state index in [0.717, 1.165) is 6.42 Å². The van der Waals surface area contributed by atoms with E-state index in [9.17, 15) is 0 Å². The molecule has 16 heavy (non-hydrogen) atoms. The summed E-state index contributed by atoms with van der Waals surface area (Å²) in [5.41, 5.74) is 4.44. The van der Waals surface area contributed by atoms with Gasteiger partial charge in [-0.25, -0.2) is 0 Å². The second kappa shape index (κ2) is 5.80. The predicted octanol–water partition coefficient (Wildman–Crippen LogP) is 2.05. The van der Waals surface area contributed by atoms with Crippen molar-refractivity contribution >= 4 is 0 Å². The number of hydrogen-bond acceptors (Lipinski definition) is 3. The fourth-order valence-electron chi connectivity index (χ4n) is 3.02. The highest BCUT2D eigenvalue weighted by atomic mass is 15.3. The van der Waals surface area contributed by atoms with E-state index >= 15 is 0 Å². The van der Waals surface area contributed by atoms with Crippen molar-refractivity contribution in [3.63, 3.8) is 0 Å². The molecule has 0 radical (unpaired) electrons. The van der Waals surface area contributed by atoms with Crippen LogP contribution < -0.4 is 11.3 Å². The van der Waals surface area contributed by atoms with Gasteiger partial charge in [-0.2, -0.15) is 0 Å². The second-order valence-corrected chi connectivity index (χ2v) is 5.44. The topological polar surface area (TPSA) is 41.3 Å². The van der Waals surface area contributed by atoms with Crippen LogP contribution in [-0.4, -0.2) is 30.6 Å². The summed E-state index contributed by atoms with van der Waals surface area (Å²) >= 11 is 0. The molecular weight excluding hydrogens is 198 g/mol. The third-order valence-electron chi connectivity index (χ3n) is 4.01. The highest BCUT2D eigenvalue weighted by molar-refractivity contribution is 5.05. The van der Waals surface area contributed by atoms with Gasteiger partial charge >= 0.3 is 0 Å². The monoisotopic (exact) mass is 225 g/mol. The minimum absolute atomic E-state index is 0.214. The van der Waals surface area contributed by atoms with E-state index in [0.29, 0.717) is 6.04 Å². The maximum absolute atomic E-state index is 5.76. The molecule has 0 heterocycles. The summed E-state index contributed by atoms with van der Waals surface area (Å²) in [5.74, 6) is 5.76. The Kier molecular flexibility index (Phi) is 4.96. The largest absolute Gasteiger partial charge is 0.302 e. The van der Waals surface area contributed by atoms with Crippen LogP contribution >= 0.6 is 0 Å². The summed E-state index contributed by atoms with van der Waals surface area (Å²) in [6.45, 7) is 6.09. The molecule has 0 spiro atoms. The number of nitrogens with two attached hydrogens (primary N) is 1. The molecule has 1 aliphatic carbocycles. The summed E-state index contributed by atoms with van der Waals surface area (Å²) in [4.78, 5) is 2.36. The molecule has 3 heteroatoms. The first-order valence-corrected chi connectivity index (χ1v) is 6.31. The number of hydrogen-bond donors (Lipinski definition) is 2. The van der Waals surface area contributed by atoms with Gasteiger partial charge in [0.05, 0.1) is 0 Å². The van der Waals surface area contributed by atoms with Gasteiger partial charge in [0, 0.05) is 11.6 Å². The first-order valence-electron chi connectivity index (χ1n) is 6.31. The van der Waals surface area contributed by atoms with Crippen LogP contribution in [0.3, 0.4) is 0 Å². The molecule has 1 atom stereocenters. The van der Waals surface area contributed by atoms with Gasteiger partial charge in [0.25, 0.3) is 0 Å². The van der Waals surface area contributed by atoms with Crippen LogP contribution in [0.4, 0.5) is 0 Å². The maximum atomic E-state index is 5.76. The zero-order valence-corrected chi connectivity index (χ0v) is 11.1. The number of nitrogens with one attached hydrogen (secondary N) is 1.